The van der Waals surface area contributed by atoms with Crippen molar-refractivity contribution in [1.29, 1.82) is 0 Å². The minimum atomic E-state index is -0.398. The Hall–Kier alpha value is -3.09. The molecule has 2 aliphatic heterocycles. The van der Waals surface area contributed by atoms with E-state index in [1.54, 1.807) is 12.3 Å². The van der Waals surface area contributed by atoms with Gasteiger partial charge in [-0.3, -0.25) is 14.4 Å². The van der Waals surface area contributed by atoms with E-state index >= 15 is 0 Å². The third-order valence-corrected chi connectivity index (χ3v) is 7.82. The molecule has 3 amide bonds. The van der Waals surface area contributed by atoms with Gasteiger partial charge in [-0.25, -0.2) is 0 Å². The molecule has 1 N–H and O–H groups in total. The summed E-state index contributed by atoms with van der Waals surface area (Å²) in [5.74, 6) is 1.06. The molecule has 0 bridgehead atoms. The van der Waals surface area contributed by atoms with E-state index in [1.807, 2.05) is 46.2 Å². The summed E-state index contributed by atoms with van der Waals surface area (Å²) < 4.78 is 5.28. The number of rotatable bonds is 5. The number of nitrogens with one attached hydrogen (secondary N) is 1. The number of likely N-dealkylation sites (tertiary alicyclic amines) is 2. The van der Waals surface area contributed by atoms with Crippen molar-refractivity contribution in [3.63, 3.8) is 0 Å². The number of carbonyl (C=O) groups is 3. The van der Waals surface area contributed by atoms with Crippen LogP contribution in [0.15, 0.2) is 53.1 Å². The fraction of sp³-hybridized carbons (Fsp3) is 0.519. The lowest BCUT2D eigenvalue weighted by atomic mass is 9.84. The third kappa shape index (κ3) is 4.61. The quantitative estimate of drug-likeness (QED) is 0.734. The average molecular weight is 464 g/mol. The Labute approximate surface area is 200 Å². The highest BCUT2D eigenvalue weighted by Gasteiger charge is 2.48. The van der Waals surface area contributed by atoms with Crippen LogP contribution in [-0.4, -0.2) is 52.7 Å². The standard InChI is InChI=1S/C27H33N3O4/c31-25(28-18-22-10-6-16-34-22)19-12-14-29(15-13-19)27(33)24-17-21-9-4-5-11-23(21)30(24)26(32)20-7-2-1-3-8-20/h1-3,6-8,10,16,19,21,23-24H,4-5,9,11-15,17-18H2,(H,28,31). The molecule has 5 rings (SSSR count). The van der Waals surface area contributed by atoms with Gasteiger partial charge in [0.1, 0.15) is 11.8 Å². The summed E-state index contributed by atoms with van der Waals surface area (Å²) in [4.78, 5) is 43.5. The maximum Gasteiger partial charge on any atom is 0.254 e. The van der Waals surface area contributed by atoms with Crippen molar-refractivity contribution in [3.8, 4) is 0 Å². The molecule has 180 valence electrons. The summed E-state index contributed by atoms with van der Waals surface area (Å²) in [6.07, 6.45) is 7.98. The van der Waals surface area contributed by atoms with E-state index < -0.39 is 6.04 Å². The van der Waals surface area contributed by atoms with Crippen molar-refractivity contribution in [1.82, 2.24) is 15.1 Å². The molecule has 7 nitrogen and oxygen atoms in total. The van der Waals surface area contributed by atoms with Crippen LogP contribution in [-0.2, 0) is 16.1 Å². The molecule has 3 heterocycles. The van der Waals surface area contributed by atoms with Gasteiger partial charge in [0.15, 0.2) is 0 Å². The Morgan fingerprint density at radius 2 is 1.71 bits per heavy atom. The molecule has 0 spiro atoms. The van der Waals surface area contributed by atoms with Crippen LogP contribution in [0, 0.1) is 11.8 Å². The van der Waals surface area contributed by atoms with Gasteiger partial charge in [0.2, 0.25) is 11.8 Å². The number of carbonyl (C=O) groups excluding carboxylic acids is 3. The van der Waals surface area contributed by atoms with Crippen molar-refractivity contribution in [2.45, 2.75) is 63.6 Å². The summed E-state index contributed by atoms with van der Waals surface area (Å²) in [7, 11) is 0. The van der Waals surface area contributed by atoms with Crippen LogP contribution >= 0.6 is 0 Å². The normalized spacial score (nSPS) is 25.1. The van der Waals surface area contributed by atoms with E-state index in [0.717, 1.165) is 31.4 Å². The molecule has 7 heteroatoms. The smallest absolute Gasteiger partial charge is 0.254 e. The number of benzene rings is 1. The molecule has 1 aromatic carbocycles. The van der Waals surface area contributed by atoms with Gasteiger partial charge in [0, 0.05) is 30.6 Å². The maximum absolute atomic E-state index is 13.7. The predicted molar refractivity (Wildman–Crippen MR) is 127 cm³/mol. The van der Waals surface area contributed by atoms with Crippen LogP contribution in [0.4, 0.5) is 0 Å². The van der Waals surface area contributed by atoms with Crippen molar-refractivity contribution >= 4 is 17.7 Å². The van der Waals surface area contributed by atoms with E-state index in [9.17, 15) is 14.4 Å². The Morgan fingerprint density at radius 1 is 0.941 bits per heavy atom. The Balaban J connectivity index is 1.23. The maximum atomic E-state index is 13.7. The van der Waals surface area contributed by atoms with Crippen LogP contribution in [0.5, 0.6) is 0 Å². The highest BCUT2D eigenvalue weighted by molar-refractivity contribution is 5.98. The van der Waals surface area contributed by atoms with Crippen LogP contribution in [0.2, 0.25) is 0 Å². The molecule has 3 aliphatic rings. The van der Waals surface area contributed by atoms with Gasteiger partial charge in [-0.15, -0.1) is 0 Å². The van der Waals surface area contributed by atoms with E-state index in [2.05, 4.69) is 5.32 Å². The third-order valence-electron chi connectivity index (χ3n) is 7.82. The summed E-state index contributed by atoms with van der Waals surface area (Å²) in [5, 5.41) is 2.94. The zero-order valence-electron chi connectivity index (χ0n) is 19.5. The Kier molecular flexibility index (Phi) is 6.70. The molecule has 3 fully saturated rings. The SMILES string of the molecule is O=C(NCc1ccco1)C1CCN(C(=O)C2CC3CCCCC3N2C(=O)c2ccccc2)CC1. The molecule has 2 saturated heterocycles. The highest BCUT2D eigenvalue weighted by Crippen LogP contribution is 2.41. The summed E-state index contributed by atoms with van der Waals surface area (Å²) >= 11 is 0. The number of hydrogen-bond acceptors (Lipinski definition) is 4. The molecule has 0 radical (unpaired) electrons. The topological polar surface area (TPSA) is 82.9 Å². The van der Waals surface area contributed by atoms with E-state index in [4.69, 9.17) is 4.42 Å². The summed E-state index contributed by atoms with van der Waals surface area (Å²) in [6.45, 7) is 1.49. The number of piperidine rings is 1. The molecular weight excluding hydrogens is 430 g/mol. The number of furan rings is 1. The van der Waals surface area contributed by atoms with E-state index in [0.29, 0.717) is 44.0 Å². The molecule has 3 atom stereocenters. The van der Waals surface area contributed by atoms with Crippen molar-refractivity contribution in [2.75, 3.05) is 13.1 Å². The van der Waals surface area contributed by atoms with Gasteiger partial charge in [-0.2, -0.15) is 0 Å². The van der Waals surface area contributed by atoms with Crippen LogP contribution in [0.3, 0.4) is 0 Å². The zero-order valence-corrected chi connectivity index (χ0v) is 19.5. The van der Waals surface area contributed by atoms with Crippen molar-refractivity contribution < 1.29 is 18.8 Å². The lowest BCUT2D eigenvalue weighted by molar-refractivity contribution is -0.139. The van der Waals surface area contributed by atoms with Gasteiger partial charge < -0.3 is 19.5 Å². The first-order chi connectivity index (χ1) is 16.6. The minimum Gasteiger partial charge on any atom is -0.467 e. The van der Waals surface area contributed by atoms with Crippen molar-refractivity contribution in [2.24, 2.45) is 11.8 Å². The fourth-order valence-corrected chi connectivity index (χ4v) is 6.01. The Bertz CT molecular complexity index is 998. The van der Waals surface area contributed by atoms with Crippen molar-refractivity contribution in [3.05, 3.63) is 60.1 Å². The first kappa shape index (κ1) is 22.7. The van der Waals surface area contributed by atoms with Gasteiger partial charge in [0.25, 0.3) is 5.91 Å². The van der Waals surface area contributed by atoms with Gasteiger partial charge in [-0.1, -0.05) is 31.0 Å². The van der Waals surface area contributed by atoms with Crippen LogP contribution < -0.4 is 5.32 Å². The second-order valence-electron chi connectivity index (χ2n) is 9.84. The molecule has 3 unspecified atom stereocenters. The second-order valence-corrected chi connectivity index (χ2v) is 9.84. The highest BCUT2D eigenvalue weighted by atomic mass is 16.3. The summed E-state index contributed by atoms with van der Waals surface area (Å²) in [6, 6.07) is 12.7. The largest absolute Gasteiger partial charge is 0.467 e. The Morgan fingerprint density at radius 3 is 2.44 bits per heavy atom. The zero-order chi connectivity index (χ0) is 23.5. The average Bonchev–Trinajstić information content (AvgIpc) is 3.55. The van der Waals surface area contributed by atoms with Crippen LogP contribution in [0.25, 0.3) is 0 Å². The summed E-state index contributed by atoms with van der Waals surface area (Å²) in [5.41, 5.74) is 0.651. The molecule has 1 saturated carbocycles. The molecular formula is C27H33N3O4. The number of hydrogen-bond donors (Lipinski definition) is 1. The first-order valence-electron chi connectivity index (χ1n) is 12.6. The van der Waals surface area contributed by atoms with E-state index in [1.165, 1.54) is 6.42 Å². The number of fused-ring (bicyclic) bond motifs is 1. The fourth-order valence-electron chi connectivity index (χ4n) is 6.01. The molecule has 34 heavy (non-hydrogen) atoms. The predicted octanol–water partition coefficient (Wildman–Crippen LogP) is 3.61. The van der Waals surface area contributed by atoms with E-state index in [-0.39, 0.29) is 29.7 Å². The molecule has 2 aromatic rings. The van der Waals surface area contributed by atoms with Gasteiger partial charge in [-0.05, 0) is 62.3 Å². The first-order valence-corrected chi connectivity index (χ1v) is 12.6. The molecule has 1 aromatic heterocycles. The van der Waals surface area contributed by atoms with Crippen LogP contribution in [0.1, 0.15) is 61.1 Å². The lowest BCUT2D eigenvalue weighted by Gasteiger charge is -2.37. The minimum absolute atomic E-state index is 0.0104. The molecule has 1 aliphatic carbocycles. The monoisotopic (exact) mass is 463 g/mol. The van der Waals surface area contributed by atoms with Gasteiger partial charge >= 0.3 is 0 Å². The lowest BCUT2D eigenvalue weighted by Crippen LogP contribution is -2.52. The van der Waals surface area contributed by atoms with Gasteiger partial charge in [0.05, 0.1) is 12.8 Å². The number of amides is 3. The second kappa shape index (κ2) is 10.0. The number of nitrogens with zero attached hydrogens (tertiary/aromatic N) is 2.